The van der Waals surface area contributed by atoms with Crippen LogP contribution in [0.4, 0.5) is 0 Å². The van der Waals surface area contributed by atoms with Crippen LogP contribution in [0.25, 0.3) is 11.5 Å². The van der Waals surface area contributed by atoms with Crippen molar-refractivity contribution >= 4 is 0 Å². The van der Waals surface area contributed by atoms with Gasteiger partial charge in [-0.15, -0.1) is 0 Å². The number of nitrogens with zero attached hydrogens (tertiary/aromatic N) is 4. The molecular weight excluding hydrogens is 256 g/mol. The highest BCUT2D eigenvalue weighted by atomic mass is 16.5. The topological polar surface area (TPSA) is 75.3 Å². The van der Waals surface area contributed by atoms with Crippen LogP contribution in [0.15, 0.2) is 28.9 Å². The first kappa shape index (κ1) is 13.2. The molecule has 20 heavy (non-hydrogen) atoms. The Morgan fingerprint density at radius 2 is 2.30 bits per heavy atom. The Bertz CT molecular complexity index is 543. The summed E-state index contributed by atoms with van der Waals surface area (Å²) in [5.41, 5.74) is 0.708. The molecule has 6 heteroatoms. The van der Waals surface area contributed by atoms with E-state index >= 15 is 0 Å². The molecule has 3 rings (SSSR count). The highest BCUT2D eigenvalue weighted by Gasteiger charge is 2.23. The summed E-state index contributed by atoms with van der Waals surface area (Å²) >= 11 is 0. The van der Waals surface area contributed by atoms with E-state index in [1.165, 1.54) is 6.42 Å². The van der Waals surface area contributed by atoms with Gasteiger partial charge in [0, 0.05) is 12.2 Å². The van der Waals surface area contributed by atoms with Gasteiger partial charge in [-0.05, 0) is 31.5 Å². The van der Waals surface area contributed by atoms with E-state index in [0.717, 1.165) is 19.4 Å². The van der Waals surface area contributed by atoms with Crippen molar-refractivity contribution in [1.82, 2.24) is 20.0 Å². The van der Waals surface area contributed by atoms with Crippen molar-refractivity contribution in [1.29, 1.82) is 0 Å². The van der Waals surface area contributed by atoms with Gasteiger partial charge in [0.15, 0.2) is 0 Å². The van der Waals surface area contributed by atoms with Crippen molar-refractivity contribution in [2.75, 3.05) is 13.2 Å². The maximum Gasteiger partial charge on any atom is 0.241 e. The number of hydrogen-bond acceptors (Lipinski definition) is 6. The average Bonchev–Trinajstić information content (AvgIpc) is 2.97. The minimum Gasteiger partial charge on any atom is -0.395 e. The van der Waals surface area contributed by atoms with Gasteiger partial charge in [0.05, 0.1) is 13.2 Å². The largest absolute Gasteiger partial charge is 0.395 e. The summed E-state index contributed by atoms with van der Waals surface area (Å²) in [6.45, 7) is 1.73. The van der Waals surface area contributed by atoms with E-state index in [-0.39, 0.29) is 12.6 Å². The van der Waals surface area contributed by atoms with Crippen LogP contribution in [0.1, 0.15) is 25.2 Å². The Hall–Kier alpha value is -1.79. The molecule has 0 amide bonds. The molecule has 1 aliphatic rings. The van der Waals surface area contributed by atoms with Crippen LogP contribution >= 0.6 is 0 Å². The van der Waals surface area contributed by atoms with Crippen molar-refractivity contribution in [3.8, 4) is 11.5 Å². The van der Waals surface area contributed by atoms with E-state index < -0.39 is 0 Å². The third kappa shape index (κ3) is 2.86. The molecule has 0 saturated carbocycles. The van der Waals surface area contributed by atoms with Gasteiger partial charge in [-0.3, -0.25) is 9.88 Å². The molecule has 3 heterocycles. The maximum absolute atomic E-state index is 9.40. The number of hydrogen-bond donors (Lipinski definition) is 1. The lowest BCUT2D eigenvalue weighted by Gasteiger charge is -2.33. The lowest BCUT2D eigenvalue weighted by molar-refractivity contribution is 0.0749. The van der Waals surface area contributed by atoms with Crippen LogP contribution < -0.4 is 0 Å². The Morgan fingerprint density at radius 1 is 1.35 bits per heavy atom. The molecule has 1 unspecified atom stereocenters. The second kappa shape index (κ2) is 6.11. The van der Waals surface area contributed by atoms with Crippen LogP contribution in [0.2, 0.25) is 0 Å². The standard InChI is InChI=1S/C14H18N4O2/c19-10-11-5-2-4-8-18(11)9-13-16-14(17-20-13)12-6-1-3-7-15-12/h1,3,6-7,11,19H,2,4-5,8-10H2. The van der Waals surface area contributed by atoms with Crippen LogP contribution in [-0.4, -0.2) is 44.3 Å². The monoisotopic (exact) mass is 274 g/mol. The first-order valence-electron chi connectivity index (χ1n) is 6.95. The summed E-state index contributed by atoms with van der Waals surface area (Å²) in [6.07, 6.45) is 5.05. The molecule has 1 atom stereocenters. The number of piperidine rings is 1. The second-order valence-corrected chi connectivity index (χ2v) is 5.03. The lowest BCUT2D eigenvalue weighted by Crippen LogP contribution is -2.41. The highest BCUT2D eigenvalue weighted by molar-refractivity contribution is 5.46. The number of rotatable bonds is 4. The Morgan fingerprint density at radius 3 is 3.10 bits per heavy atom. The second-order valence-electron chi connectivity index (χ2n) is 5.03. The van der Waals surface area contributed by atoms with Crippen LogP contribution in [0.3, 0.4) is 0 Å². The summed E-state index contributed by atoms with van der Waals surface area (Å²) in [5.74, 6) is 1.09. The summed E-state index contributed by atoms with van der Waals surface area (Å²) < 4.78 is 5.29. The number of aromatic nitrogens is 3. The quantitative estimate of drug-likeness (QED) is 0.910. The van der Waals surface area contributed by atoms with Gasteiger partial charge in [-0.1, -0.05) is 17.6 Å². The first-order chi connectivity index (χ1) is 9.86. The molecule has 0 aromatic carbocycles. The molecular formula is C14H18N4O2. The maximum atomic E-state index is 9.40. The molecule has 2 aromatic heterocycles. The minimum atomic E-state index is 0.182. The fourth-order valence-corrected chi connectivity index (χ4v) is 2.57. The van der Waals surface area contributed by atoms with Gasteiger partial charge in [0.25, 0.3) is 0 Å². The van der Waals surface area contributed by atoms with Gasteiger partial charge >= 0.3 is 0 Å². The summed E-state index contributed by atoms with van der Waals surface area (Å²) in [4.78, 5) is 10.8. The third-order valence-corrected chi connectivity index (χ3v) is 3.66. The number of pyridine rings is 1. The SMILES string of the molecule is OCC1CCCCN1Cc1nc(-c2ccccn2)no1. The molecule has 2 aromatic rings. The van der Waals surface area contributed by atoms with Crippen molar-refractivity contribution in [2.45, 2.75) is 31.8 Å². The zero-order valence-corrected chi connectivity index (χ0v) is 11.3. The Kier molecular flexibility index (Phi) is 4.03. The van der Waals surface area contributed by atoms with E-state index in [1.54, 1.807) is 6.20 Å². The molecule has 1 saturated heterocycles. The molecule has 0 bridgehead atoms. The van der Waals surface area contributed by atoms with Gasteiger partial charge in [0.2, 0.25) is 11.7 Å². The molecule has 1 fully saturated rings. The van der Waals surface area contributed by atoms with Crippen molar-refractivity contribution in [3.05, 3.63) is 30.3 Å². The van der Waals surface area contributed by atoms with Gasteiger partial charge in [-0.2, -0.15) is 4.98 Å². The van der Waals surface area contributed by atoms with E-state index in [1.807, 2.05) is 18.2 Å². The number of aliphatic hydroxyl groups excluding tert-OH is 1. The first-order valence-corrected chi connectivity index (χ1v) is 6.95. The smallest absolute Gasteiger partial charge is 0.241 e. The number of aliphatic hydroxyl groups is 1. The van der Waals surface area contributed by atoms with E-state index in [4.69, 9.17) is 4.52 Å². The molecule has 106 valence electrons. The predicted octanol–water partition coefficient (Wildman–Crippen LogP) is 1.48. The minimum absolute atomic E-state index is 0.182. The highest BCUT2D eigenvalue weighted by Crippen LogP contribution is 2.20. The summed E-state index contributed by atoms with van der Waals surface area (Å²) in [6, 6.07) is 5.80. The molecule has 0 aliphatic carbocycles. The van der Waals surface area contributed by atoms with Gasteiger partial charge in [-0.25, -0.2) is 0 Å². The van der Waals surface area contributed by atoms with Gasteiger partial charge in [0.1, 0.15) is 5.69 Å². The van der Waals surface area contributed by atoms with E-state index in [2.05, 4.69) is 20.0 Å². The zero-order valence-electron chi connectivity index (χ0n) is 11.3. The van der Waals surface area contributed by atoms with Crippen LogP contribution in [-0.2, 0) is 6.54 Å². The van der Waals surface area contributed by atoms with Crippen LogP contribution in [0.5, 0.6) is 0 Å². The fourth-order valence-electron chi connectivity index (χ4n) is 2.57. The van der Waals surface area contributed by atoms with Crippen molar-refractivity contribution < 1.29 is 9.63 Å². The Balaban J connectivity index is 1.71. The normalized spacial score (nSPS) is 20.1. The molecule has 0 spiro atoms. The summed E-state index contributed by atoms with van der Waals surface area (Å²) in [7, 11) is 0. The predicted molar refractivity (Wildman–Crippen MR) is 72.7 cm³/mol. The van der Waals surface area contributed by atoms with Crippen LogP contribution in [0, 0.1) is 0 Å². The molecule has 0 radical (unpaired) electrons. The fraction of sp³-hybridized carbons (Fsp3) is 0.500. The van der Waals surface area contributed by atoms with Crippen molar-refractivity contribution in [2.24, 2.45) is 0 Å². The number of likely N-dealkylation sites (tertiary alicyclic amines) is 1. The molecule has 1 aliphatic heterocycles. The van der Waals surface area contributed by atoms with Crippen molar-refractivity contribution in [3.63, 3.8) is 0 Å². The zero-order chi connectivity index (χ0) is 13.8. The third-order valence-electron chi connectivity index (χ3n) is 3.66. The van der Waals surface area contributed by atoms with Gasteiger partial charge < -0.3 is 9.63 Å². The molecule has 1 N–H and O–H groups in total. The summed E-state index contributed by atoms with van der Waals surface area (Å²) in [5, 5.41) is 13.4. The Labute approximate surface area is 117 Å². The lowest BCUT2D eigenvalue weighted by atomic mass is 10.0. The van der Waals surface area contributed by atoms with E-state index in [0.29, 0.717) is 24.0 Å². The molecule has 6 nitrogen and oxygen atoms in total. The average molecular weight is 274 g/mol. The van der Waals surface area contributed by atoms with E-state index in [9.17, 15) is 5.11 Å².